The molecule has 0 aliphatic heterocycles. The van der Waals surface area contributed by atoms with Crippen molar-refractivity contribution in [3.63, 3.8) is 0 Å². The van der Waals surface area contributed by atoms with Crippen LogP contribution >= 0.6 is 0 Å². The van der Waals surface area contributed by atoms with Crippen molar-refractivity contribution in [1.29, 1.82) is 0 Å². The maximum Gasteiger partial charge on any atom is 0.0607 e. The van der Waals surface area contributed by atoms with Gasteiger partial charge in [0.2, 0.25) is 0 Å². The Hall–Kier alpha value is -3.78. The molecule has 3 aromatic carbocycles. The lowest BCUT2D eigenvalue weighted by atomic mass is 9.59. The Kier molecular flexibility index (Phi) is 9.32. The van der Waals surface area contributed by atoms with Crippen molar-refractivity contribution in [2.24, 2.45) is 22.7 Å². The van der Waals surface area contributed by atoms with Crippen LogP contribution in [0.25, 0.3) is 5.57 Å². The molecule has 0 amide bonds. The third kappa shape index (κ3) is 6.50. The zero-order valence-corrected chi connectivity index (χ0v) is 38.1. The molecule has 0 saturated heterocycles. The first kappa shape index (κ1) is 39.7. The second-order valence-electron chi connectivity index (χ2n) is 22.8. The van der Waals surface area contributed by atoms with E-state index in [4.69, 9.17) is 0 Å². The van der Waals surface area contributed by atoms with Gasteiger partial charge in [0, 0.05) is 23.0 Å². The van der Waals surface area contributed by atoms with Gasteiger partial charge in [0.25, 0.3) is 0 Å². The highest BCUT2D eigenvalue weighted by atomic mass is 15.2. The standard InChI is InChI=1S/C56H72N2/c1-35-28-49(57-50-33-48-47(54(8,9)26-27-55(48,10)11)32-43(50)38-16-14-13-15-17-38)37(3)51(29-35)58(41-19-21-44-46(31-41)53(6,7)25-24-52(44,4)5)40-18-20-42-36(2)39-22-23-56(12,34-39)45(42)30-40/h13-21,28-32,36-37,39,50-51,57H,22-27,33-34H2,1-12H3. The van der Waals surface area contributed by atoms with Crippen LogP contribution in [0, 0.1) is 22.7 Å². The van der Waals surface area contributed by atoms with Crippen molar-refractivity contribution in [3.8, 4) is 0 Å². The number of anilines is 2. The quantitative estimate of drug-likeness (QED) is 0.268. The summed E-state index contributed by atoms with van der Waals surface area (Å²) in [5.74, 6) is 1.70. The minimum atomic E-state index is 0.136. The molecule has 0 aromatic heterocycles. The summed E-state index contributed by atoms with van der Waals surface area (Å²) < 4.78 is 0. The highest BCUT2D eigenvalue weighted by molar-refractivity contribution is 5.76. The molecule has 2 nitrogen and oxygen atoms in total. The van der Waals surface area contributed by atoms with E-state index in [0.717, 1.165) is 12.3 Å². The zero-order chi connectivity index (χ0) is 41.2. The molecule has 1 fully saturated rings. The van der Waals surface area contributed by atoms with E-state index in [9.17, 15) is 0 Å². The minimum absolute atomic E-state index is 0.136. The Morgan fingerprint density at radius 2 is 1.28 bits per heavy atom. The van der Waals surface area contributed by atoms with Crippen LogP contribution in [0.1, 0.15) is 168 Å². The van der Waals surface area contributed by atoms with Crippen molar-refractivity contribution < 1.29 is 0 Å². The average molecular weight is 773 g/mol. The molecule has 0 spiro atoms. The van der Waals surface area contributed by atoms with Crippen molar-refractivity contribution in [2.45, 2.75) is 169 Å². The lowest BCUT2D eigenvalue weighted by Gasteiger charge is -2.47. The maximum atomic E-state index is 4.32. The Morgan fingerprint density at radius 1 is 0.638 bits per heavy atom. The lowest BCUT2D eigenvalue weighted by molar-refractivity contribution is 0.255. The number of hydrogen-bond acceptors (Lipinski definition) is 2. The largest absolute Gasteiger partial charge is 0.381 e. The Labute approximate surface area is 352 Å². The van der Waals surface area contributed by atoms with Crippen molar-refractivity contribution in [2.75, 3.05) is 4.90 Å². The molecule has 6 unspecified atom stereocenters. The fraction of sp³-hybridized carbons (Fsp3) is 0.536. The summed E-state index contributed by atoms with van der Waals surface area (Å²) in [4.78, 5) is 2.75. The van der Waals surface area contributed by atoms with Gasteiger partial charge < -0.3 is 10.2 Å². The summed E-state index contributed by atoms with van der Waals surface area (Å²) >= 11 is 0. The van der Waals surface area contributed by atoms with Gasteiger partial charge in [-0.1, -0.05) is 142 Å². The molecule has 9 rings (SSSR count). The fourth-order valence-electron chi connectivity index (χ4n) is 12.7. The van der Waals surface area contributed by atoms with E-state index in [1.54, 1.807) is 22.3 Å². The molecular formula is C56H72N2. The number of nitrogens with zero attached hydrogens (tertiary/aromatic N) is 1. The molecule has 6 aliphatic carbocycles. The fourth-order valence-corrected chi connectivity index (χ4v) is 12.7. The molecule has 3 aromatic rings. The van der Waals surface area contributed by atoms with Gasteiger partial charge in [-0.05, 0) is 167 Å². The van der Waals surface area contributed by atoms with Crippen LogP contribution in [-0.4, -0.2) is 12.1 Å². The molecular weight excluding hydrogens is 701 g/mol. The number of hydrogen-bond donors (Lipinski definition) is 1. The van der Waals surface area contributed by atoms with Gasteiger partial charge >= 0.3 is 0 Å². The summed E-state index contributed by atoms with van der Waals surface area (Å²) in [5.41, 5.74) is 18.6. The smallest absolute Gasteiger partial charge is 0.0607 e. The van der Waals surface area contributed by atoms with Gasteiger partial charge in [0.05, 0.1) is 12.1 Å². The Bertz CT molecular complexity index is 2250. The van der Waals surface area contributed by atoms with E-state index in [1.807, 2.05) is 0 Å². The summed E-state index contributed by atoms with van der Waals surface area (Å²) in [6.07, 6.45) is 17.6. The lowest BCUT2D eigenvalue weighted by Crippen LogP contribution is -2.44. The number of fused-ring (bicyclic) bond motifs is 5. The molecule has 306 valence electrons. The van der Waals surface area contributed by atoms with Crippen LogP contribution in [0.3, 0.4) is 0 Å². The summed E-state index contributed by atoms with van der Waals surface area (Å²) in [7, 11) is 0. The Balaban J connectivity index is 1.14. The van der Waals surface area contributed by atoms with Crippen molar-refractivity contribution >= 4 is 16.9 Å². The van der Waals surface area contributed by atoms with Crippen LogP contribution in [0.2, 0.25) is 0 Å². The average Bonchev–Trinajstić information content (AvgIpc) is 3.56. The molecule has 0 radical (unpaired) electrons. The topological polar surface area (TPSA) is 15.3 Å². The monoisotopic (exact) mass is 773 g/mol. The molecule has 1 N–H and O–H groups in total. The van der Waals surface area contributed by atoms with Gasteiger partial charge in [0.1, 0.15) is 0 Å². The third-order valence-electron chi connectivity index (χ3n) is 17.0. The first-order chi connectivity index (χ1) is 27.3. The highest BCUT2D eigenvalue weighted by Crippen LogP contribution is 2.57. The first-order valence-electron chi connectivity index (χ1n) is 23.0. The number of rotatable bonds is 6. The summed E-state index contributed by atoms with van der Waals surface area (Å²) in [5, 5.41) is 4.32. The van der Waals surface area contributed by atoms with Gasteiger partial charge in [-0.25, -0.2) is 0 Å². The van der Waals surface area contributed by atoms with Crippen LogP contribution in [0.4, 0.5) is 11.4 Å². The minimum Gasteiger partial charge on any atom is -0.381 e. The van der Waals surface area contributed by atoms with Gasteiger partial charge in [-0.2, -0.15) is 0 Å². The van der Waals surface area contributed by atoms with Crippen LogP contribution in [0.5, 0.6) is 0 Å². The van der Waals surface area contributed by atoms with E-state index in [2.05, 4.69) is 178 Å². The maximum absolute atomic E-state index is 4.32. The number of allylic oxidation sites excluding steroid dienone is 4. The molecule has 58 heavy (non-hydrogen) atoms. The molecule has 2 bridgehead atoms. The Morgan fingerprint density at radius 3 is 2.00 bits per heavy atom. The van der Waals surface area contributed by atoms with E-state index < -0.39 is 0 Å². The second-order valence-corrected chi connectivity index (χ2v) is 22.8. The van der Waals surface area contributed by atoms with Gasteiger partial charge in [-0.15, -0.1) is 0 Å². The predicted molar refractivity (Wildman–Crippen MR) is 248 cm³/mol. The number of nitrogens with one attached hydrogen (secondary N) is 1. The molecule has 6 aliphatic rings. The van der Waals surface area contributed by atoms with Gasteiger partial charge in [-0.3, -0.25) is 0 Å². The highest BCUT2D eigenvalue weighted by Gasteiger charge is 2.47. The molecule has 2 heteroatoms. The van der Waals surface area contributed by atoms with E-state index in [1.165, 1.54) is 89.9 Å². The normalized spacial score (nSPS) is 31.2. The van der Waals surface area contributed by atoms with Gasteiger partial charge in [0.15, 0.2) is 0 Å². The third-order valence-corrected chi connectivity index (χ3v) is 17.0. The molecule has 0 heterocycles. The zero-order valence-electron chi connectivity index (χ0n) is 38.1. The number of benzene rings is 3. The van der Waals surface area contributed by atoms with E-state index in [-0.39, 0.29) is 45.1 Å². The van der Waals surface area contributed by atoms with E-state index in [0.29, 0.717) is 5.92 Å². The summed E-state index contributed by atoms with van der Waals surface area (Å²) in [6, 6.07) is 26.8. The van der Waals surface area contributed by atoms with Crippen molar-refractivity contribution in [1.82, 2.24) is 5.32 Å². The van der Waals surface area contributed by atoms with Crippen LogP contribution in [0.15, 0.2) is 107 Å². The van der Waals surface area contributed by atoms with Crippen molar-refractivity contribution in [3.05, 3.63) is 135 Å². The SMILES string of the molecule is CC1=CC(N(c2ccc3c(c2)C(C)(C)CCC3(C)C)c2ccc3c(c2)C2(C)CCC(C2)C3C)C(C)C(NC2CC3=C(C=C2c2ccccc2)C(C)(C)CCC3(C)C)=C1. The van der Waals surface area contributed by atoms with Crippen LogP contribution < -0.4 is 10.2 Å². The predicted octanol–water partition coefficient (Wildman–Crippen LogP) is 14.8. The molecule has 1 saturated carbocycles. The second kappa shape index (κ2) is 13.6. The van der Waals surface area contributed by atoms with E-state index >= 15 is 0 Å². The summed E-state index contributed by atoms with van der Waals surface area (Å²) in [6.45, 7) is 29.7. The molecule has 6 atom stereocenters. The first-order valence-corrected chi connectivity index (χ1v) is 23.0. The van der Waals surface area contributed by atoms with Crippen LogP contribution in [-0.2, 0) is 16.2 Å².